The average molecular weight is 281 g/mol. The number of Topliss-reactive ketones (excluding diaryl/α,β-unsaturated/α-hetero) is 1. The van der Waals surface area contributed by atoms with Gasteiger partial charge in [0.25, 0.3) is 0 Å². The largest absolute Gasteiger partial charge is 0.301 e. The fourth-order valence-electron chi connectivity index (χ4n) is 2.39. The van der Waals surface area contributed by atoms with Crippen molar-refractivity contribution < 1.29 is 9.18 Å². The van der Waals surface area contributed by atoms with Gasteiger partial charge in [-0.2, -0.15) is 11.8 Å². The van der Waals surface area contributed by atoms with Gasteiger partial charge in [0.2, 0.25) is 0 Å². The van der Waals surface area contributed by atoms with Crippen LogP contribution < -0.4 is 0 Å². The number of benzene rings is 1. The molecule has 19 heavy (non-hydrogen) atoms. The molecule has 0 N–H and O–H groups in total. The molecule has 0 amide bonds. The van der Waals surface area contributed by atoms with Gasteiger partial charge in [0.15, 0.2) is 5.78 Å². The van der Waals surface area contributed by atoms with Gasteiger partial charge in [0.05, 0.1) is 5.56 Å². The van der Waals surface area contributed by atoms with E-state index in [0.717, 1.165) is 25.4 Å². The highest BCUT2D eigenvalue weighted by atomic mass is 32.2. The summed E-state index contributed by atoms with van der Waals surface area (Å²) < 4.78 is 13.7. The first kappa shape index (κ1) is 14.5. The molecule has 0 bridgehead atoms. The number of rotatable bonds is 4. The van der Waals surface area contributed by atoms with E-state index in [0.29, 0.717) is 6.42 Å². The van der Waals surface area contributed by atoms with Gasteiger partial charge < -0.3 is 4.90 Å². The van der Waals surface area contributed by atoms with E-state index in [9.17, 15) is 9.18 Å². The van der Waals surface area contributed by atoms with Crippen LogP contribution in [0.5, 0.6) is 0 Å². The number of hydrogen-bond donors (Lipinski definition) is 0. The van der Waals surface area contributed by atoms with E-state index in [1.54, 1.807) is 18.2 Å². The van der Waals surface area contributed by atoms with Gasteiger partial charge >= 0.3 is 0 Å². The first-order chi connectivity index (χ1) is 8.98. The lowest BCUT2D eigenvalue weighted by Gasteiger charge is -2.37. The molecule has 0 atom stereocenters. The van der Waals surface area contributed by atoms with Gasteiger partial charge in [-0.25, -0.2) is 4.39 Å². The molecule has 0 radical (unpaired) electrons. The number of ketones is 1. The molecule has 2 rings (SSSR count). The molecular weight excluding hydrogens is 261 g/mol. The quantitative estimate of drug-likeness (QED) is 0.790. The van der Waals surface area contributed by atoms with Gasteiger partial charge in [-0.15, -0.1) is 0 Å². The lowest BCUT2D eigenvalue weighted by Crippen LogP contribution is -2.43. The van der Waals surface area contributed by atoms with E-state index in [-0.39, 0.29) is 16.1 Å². The molecule has 1 aromatic carbocycles. The Kier molecular flexibility index (Phi) is 4.63. The standard InChI is InChI=1S/C15H20FNOS/c1-15(2)11-17(9-10-19-15)8-7-14(18)12-5-3-4-6-13(12)16/h3-6H,7-11H2,1-2H3. The van der Waals surface area contributed by atoms with Crippen LogP contribution in [0.25, 0.3) is 0 Å². The van der Waals surface area contributed by atoms with Gasteiger partial charge in [0.1, 0.15) is 5.82 Å². The summed E-state index contributed by atoms with van der Waals surface area (Å²) in [4.78, 5) is 14.3. The van der Waals surface area contributed by atoms with Crippen LogP contribution in [0.3, 0.4) is 0 Å². The Balaban J connectivity index is 1.89. The Labute approximate surface area is 118 Å². The van der Waals surface area contributed by atoms with Crippen LogP contribution in [0.15, 0.2) is 24.3 Å². The third-order valence-corrected chi connectivity index (χ3v) is 4.63. The second kappa shape index (κ2) is 6.06. The monoisotopic (exact) mass is 281 g/mol. The van der Waals surface area contributed by atoms with E-state index in [1.807, 2.05) is 11.8 Å². The topological polar surface area (TPSA) is 20.3 Å². The van der Waals surface area contributed by atoms with Crippen molar-refractivity contribution in [2.24, 2.45) is 0 Å². The molecular formula is C15H20FNOS. The van der Waals surface area contributed by atoms with Gasteiger partial charge in [0, 0.05) is 36.6 Å². The number of halogens is 1. The van der Waals surface area contributed by atoms with Crippen molar-refractivity contribution in [2.75, 3.05) is 25.4 Å². The van der Waals surface area contributed by atoms with Crippen molar-refractivity contribution in [3.05, 3.63) is 35.6 Å². The third kappa shape index (κ3) is 4.05. The molecule has 0 unspecified atom stereocenters. The van der Waals surface area contributed by atoms with Crippen LogP contribution in [0, 0.1) is 5.82 Å². The fourth-order valence-corrected chi connectivity index (χ4v) is 3.56. The smallest absolute Gasteiger partial charge is 0.167 e. The fraction of sp³-hybridized carbons (Fsp3) is 0.533. The zero-order valence-electron chi connectivity index (χ0n) is 11.5. The van der Waals surface area contributed by atoms with Crippen molar-refractivity contribution in [3.63, 3.8) is 0 Å². The van der Waals surface area contributed by atoms with Crippen LogP contribution in [0.4, 0.5) is 4.39 Å². The summed E-state index contributed by atoms with van der Waals surface area (Å²) in [5.41, 5.74) is 0.216. The summed E-state index contributed by atoms with van der Waals surface area (Å²) in [6.07, 6.45) is 0.391. The molecule has 0 aromatic heterocycles. The maximum atomic E-state index is 13.5. The summed E-state index contributed by atoms with van der Waals surface area (Å²) in [6, 6.07) is 6.22. The Morgan fingerprint density at radius 2 is 2.16 bits per heavy atom. The maximum Gasteiger partial charge on any atom is 0.167 e. The molecule has 1 aromatic rings. The molecule has 4 heteroatoms. The van der Waals surface area contributed by atoms with E-state index in [1.165, 1.54) is 6.07 Å². The van der Waals surface area contributed by atoms with E-state index in [2.05, 4.69) is 18.7 Å². The van der Waals surface area contributed by atoms with Gasteiger partial charge in [-0.1, -0.05) is 12.1 Å². The minimum atomic E-state index is -0.415. The SMILES string of the molecule is CC1(C)CN(CCC(=O)c2ccccc2F)CCS1. The second-order valence-corrected chi connectivity index (χ2v) is 7.34. The Morgan fingerprint density at radius 3 is 2.84 bits per heavy atom. The number of carbonyl (C=O) groups is 1. The molecule has 2 nitrogen and oxygen atoms in total. The van der Waals surface area contributed by atoms with E-state index >= 15 is 0 Å². The zero-order chi connectivity index (χ0) is 13.9. The van der Waals surface area contributed by atoms with Gasteiger partial charge in [-0.05, 0) is 26.0 Å². The molecule has 104 valence electrons. The molecule has 1 heterocycles. The zero-order valence-corrected chi connectivity index (χ0v) is 12.3. The predicted molar refractivity (Wildman–Crippen MR) is 78.3 cm³/mol. The molecule has 1 saturated heterocycles. The lowest BCUT2D eigenvalue weighted by atomic mass is 10.1. The molecule has 1 aliphatic rings. The minimum absolute atomic E-state index is 0.103. The average Bonchev–Trinajstić information content (AvgIpc) is 2.35. The minimum Gasteiger partial charge on any atom is -0.301 e. The van der Waals surface area contributed by atoms with Crippen LogP contribution in [-0.2, 0) is 0 Å². The normalized spacial score (nSPS) is 19.3. The lowest BCUT2D eigenvalue weighted by molar-refractivity contribution is 0.0958. The maximum absolute atomic E-state index is 13.5. The Bertz CT molecular complexity index is 461. The summed E-state index contributed by atoms with van der Waals surface area (Å²) in [6.45, 7) is 7.17. The van der Waals surface area contributed by atoms with Crippen molar-refractivity contribution in [3.8, 4) is 0 Å². The molecule has 0 saturated carbocycles. The third-order valence-electron chi connectivity index (χ3n) is 3.33. The van der Waals surface area contributed by atoms with E-state index in [4.69, 9.17) is 0 Å². The number of hydrogen-bond acceptors (Lipinski definition) is 3. The highest BCUT2D eigenvalue weighted by Crippen LogP contribution is 2.29. The predicted octanol–water partition coefficient (Wildman–Crippen LogP) is 3.23. The number of carbonyl (C=O) groups excluding carboxylic acids is 1. The highest BCUT2D eigenvalue weighted by molar-refractivity contribution is 8.00. The summed E-state index contributed by atoms with van der Waals surface area (Å²) in [7, 11) is 0. The Hall–Kier alpha value is -0.870. The number of thioether (sulfide) groups is 1. The molecule has 0 spiro atoms. The molecule has 0 aliphatic carbocycles. The number of nitrogens with zero attached hydrogens (tertiary/aromatic N) is 1. The summed E-state index contributed by atoms with van der Waals surface area (Å²) in [5.74, 6) is 0.581. The Morgan fingerprint density at radius 1 is 1.42 bits per heavy atom. The summed E-state index contributed by atoms with van der Waals surface area (Å²) >= 11 is 1.97. The molecule has 1 aliphatic heterocycles. The van der Waals surface area contributed by atoms with Crippen LogP contribution in [0.1, 0.15) is 30.6 Å². The first-order valence-corrected chi connectivity index (χ1v) is 7.60. The van der Waals surface area contributed by atoms with Crippen molar-refractivity contribution in [1.29, 1.82) is 0 Å². The van der Waals surface area contributed by atoms with Gasteiger partial charge in [-0.3, -0.25) is 4.79 Å². The van der Waals surface area contributed by atoms with Crippen molar-refractivity contribution in [1.82, 2.24) is 4.90 Å². The van der Waals surface area contributed by atoms with Crippen LogP contribution in [0.2, 0.25) is 0 Å². The molecule has 1 fully saturated rings. The van der Waals surface area contributed by atoms with E-state index < -0.39 is 5.82 Å². The highest BCUT2D eigenvalue weighted by Gasteiger charge is 2.27. The van der Waals surface area contributed by atoms with Crippen molar-refractivity contribution >= 4 is 17.5 Å². The summed E-state index contributed by atoms with van der Waals surface area (Å²) in [5, 5.41) is 0. The van der Waals surface area contributed by atoms with Crippen LogP contribution >= 0.6 is 11.8 Å². The second-order valence-electron chi connectivity index (χ2n) is 5.54. The van der Waals surface area contributed by atoms with Crippen molar-refractivity contribution in [2.45, 2.75) is 25.0 Å². The van der Waals surface area contributed by atoms with Crippen LogP contribution in [-0.4, -0.2) is 40.8 Å². The first-order valence-electron chi connectivity index (χ1n) is 6.62.